The molecule has 0 spiro atoms. The molecule has 2 bridgehead atoms. The first-order valence-corrected chi connectivity index (χ1v) is 9.37. The molecule has 2 aliphatic heterocycles. The highest BCUT2D eigenvalue weighted by molar-refractivity contribution is 9.12. The Balaban J connectivity index is 2.62. The highest BCUT2D eigenvalue weighted by Gasteiger charge is 2.53. The van der Waals surface area contributed by atoms with Crippen LogP contribution in [-0.2, 0) is 9.53 Å². The summed E-state index contributed by atoms with van der Waals surface area (Å²) in [7, 11) is -1.55. The van der Waals surface area contributed by atoms with Crippen LogP contribution in [0.4, 0.5) is 0 Å². The molecule has 0 radical (unpaired) electrons. The molecule has 0 N–H and O–H groups in total. The first kappa shape index (κ1) is 11.3. The zero-order chi connectivity index (χ0) is 11.4. The van der Waals surface area contributed by atoms with Crippen LogP contribution in [0.15, 0.2) is 22.2 Å². The molecule has 2 nitrogen and oxygen atoms in total. The van der Waals surface area contributed by atoms with Crippen LogP contribution in [0.3, 0.4) is 0 Å². The Morgan fingerprint density at radius 2 is 2.07 bits per heavy atom. The average Bonchev–Trinajstić information content (AvgIpc) is 2.54. The monoisotopic (exact) mass is 286 g/mol. The summed E-state index contributed by atoms with van der Waals surface area (Å²) < 4.78 is 6.67. The summed E-state index contributed by atoms with van der Waals surface area (Å²) in [6.07, 6.45) is 3.62. The predicted molar refractivity (Wildman–Crippen MR) is 66.7 cm³/mol. The summed E-state index contributed by atoms with van der Waals surface area (Å²) in [5, 5.41) is -0.287. The van der Waals surface area contributed by atoms with Crippen molar-refractivity contribution in [2.45, 2.75) is 37.9 Å². The number of halogens is 1. The number of Topliss-reactive ketones (excluding diaryl/α,β-unsaturated/α-hetero) is 1. The second kappa shape index (κ2) is 3.15. The molecule has 82 valence electrons. The van der Waals surface area contributed by atoms with Crippen LogP contribution in [0, 0.1) is 0 Å². The topological polar surface area (TPSA) is 26.3 Å². The Labute approximate surface area is 99.5 Å². The van der Waals surface area contributed by atoms with Gasteiger partial charge in [0.1, 0.15) is 6.10 Å². The van der Waals surface area contributed by atoms with Gasteiger partial charge in [-0.3, -0.25) is 4.79 Å². The highest BCUT2D eigenvalue weighted by atomic mass is 79.9. The summed E-state index contributed by atoms with van der Waals surface area (Å²) in [4.78, 5) is 11.8. The molecule has 2 rings (SSSR count). The van der Waals surface area contributed by atoms with Gasteiger partial charge >= 0.3 is 0 Å². The molecule has 2 atom stereocenters. The van der Waals surface area contributed by atoms with Crippen molar-refractivity contribution in [3.63, 3.8) is 0 Å². The van der Waals surface area contributed by atoms with Crippen molar-refractivity contribution in [2.24, 2.45) is 0 Å². The van der Waals surface area contributed by atoms with Gasteiger partial charge in [-0.2, -0.15) is 0 Å². The fourth-order valence-corrected chi connectivity index (χ4v) is 5.35. The van der Waals surface area contributed by atoms with E-state index in [4.69, 9.17) is 4.74 Å². The lowest BCUT2D eigenvalue weighted by Gasteiger charge is -2.43. The number of ketones is 1. The Kier molecular flexibility index (Phi) is 2.37. The Hall–Kier alpha value is -0.193. The molecule has 2 heterocycles. The summed E-state index contributed by atoms with van der Waals surface area (Å²) >= 11 is 3.40. The summed E-state index contributed by atoms with van der Waals surface area (Å²) in [5.41, 5.74) is 1.04. The Morgan fingerprint density at radius 3 is 2.60 bits per heavy atom. The molecule has 0 saturated carbocycles. The first-order valence-electron chi connectivity index (χ1n) is 5.08. The van der Waals surface area contributed by atoms with E-state index in [-0.39, 0.29) is 17.1 Å². The maximum Gasteiger partial charge on any atom is 0.202 e. The third kappa shape index (κ3) is 1.35. The third-order valence-corrected chi connectivity index (χ3v) is 7.17. The molecule has 0 saturated heterocycles. The van der Waals surface area contributed by atoms with Crippen LogP contribution in [0.1, 0.15) is 6.92 Å². The molecular formula is C11H15BrO2Si. The number of carbonyl (C=O) groups is 1. The fourth-order valence-electron chi connectivity index (χ4n) is 2.32. The molecule has 0 aromatic heterocycles. The number of ether oxygens (including phenoxy) is 1. The van der Waals surface area contributed by atoms with Gasteiger partial charge in [0.05, 0.1) is 17.8 Å². The van der Waals surface area contributed by atoms with Crippen LogP contribution in [0.2, 0.25) is 19.6 Å². The number of fused-ring (bicyclic) bond motifs is 2. The molecule has 15 heavy (non-hydrogen) atoms. The quantitative estimate of drug-likeness (QED) is 0.547. The zero-order valence-electron chi connectivity index (χ0n) is 9.43. The van der Waals surface area contributed by atoms with Gasteiger partial charge in [0.25, 0.3) is 0 Å². The van der Waals surface area contributed by atoms with Crippen molar-refractivity contribution >= 4 is 29.8 Å². The Morgan fingerprint density at radius 1 is 1.47 bits per heavy atom. The van der Waals surface area contributed by atoms with Gasteiger partial charge in [0, 0.05) is 0 Å². The van der Waals surface area contributed by atoms with Crippen LogP contribution in [0.5, 0.6) is 0 Å². The van der Waals surface area contributed by atoms with Crippen molar-refractivity contribution in [2.75, 3.05) is 0 Å². The summed E-state index contributed by atoms with van der Waals surface area (Å²) in [6.45, 7) is 8.78. The second-order valence-corrected chi connectivity index (χ2v) is 11.2. The minimum absolute atomic E-state index is 0.0510. The molecule has 4 heteroatoms. The van der Waals surface area contributed by atoms with E-state index in [0.29, 0.717) is 4.48 Å². The summed E-state index contributed by atoms with van der Waals surface area (Å²) in [5.74, 6) is 0.0510. The van der Waals surface area contributed by atoms with Crippen molar-refractivity contribution < 1.29 is 9.53 Å². The molecule has 2 unspecified atom stereocenters. The lowest BCUT2D eigenvalue weighted by atomic mass is 10.1. The van der Waals surface area contributed by atoms with E-state index in [2.05, 4.69) is 41.6 Å². The number of rotatable bonds is 1. The van der Waals surface area contributed by atoms with Gasteiger partial charge in [-0.05, 0) is 34.5 Å². The van der Waals surface area contributed by atoms with Crippen LogP contribution in [0.25, 0.3) is 0 Å². The van der Waals surface area contributed by atoms with Gasteiger partial charge in [0.2, 0.25) is 5.78 Å². The molecule has 0 aromatic rings. The maximum atomic E-state index is 11.8. The first-order chi connectivity index (χ1) is 6.79. The standard InChI is InChI=1S/C11H15BrO2Si/c1-7-9(12)10(13)8-5-6-11(7,14-8)15(2,3)4/h5-6,8H,1-4H3. The number of carbonyl (C=O) groups excluding carboxylic acids is 1. The van der Waals surface area contributed by atoms with Gasteiger partial charge < -0.3 is 4.74 Å². The summed E-state index contributed by atoms with van der Waals surface area (Å²) in [6, 6.07) is 0. The van der Waals surface area contributed by atoms with Crippen molar-refractivity contribution in [1.29, 1.82) is 0 Å². The minimum atomic E-state index is -1.55. The van der Waals surface area contributed by atoms with E-state index >= 15 is 0 Å². The third-order valence-electron chi connectivity index (χ3n) is 3.29. The maximum absolute atomic E-state index is 11.8. The normalized spacial score (nSPS) is 35.3. The van der Waals surface area contributed by atoms with E-state index < -0.39 is 8.07 Å². The number of hydrogen-bond donors (Lipinski definition) is 0. The van der Waals surface area contributed by atoms with E-state index in [1.54, 1.807) is 0 Å². The lowest BCUT2D eigenvalue weighted by Crippen LogP contribution is -2.55. The van der Waals surface area contributed by atoms with E-state index in [9.17, 15) is 4.79 Å². The van der Waals surface area contributed by atoms with E-state index in [0.717, 1.165) is 5.57 Å². The molecule has 2 aliphatic rings. The van der Waals surface area contributed by atoms with E-state index in [1.807, 2.05) is 13.0 Å². The Bertz CT molecular complexity index is 392. The van der Waals surface area contributed by atoms with Gasteiger partial charge in [-0.25, -0.2) is 0 Å². The molecule has 0 fully saturated rings. The largest absolute Gasteiger partial charge is 0.355 e. The van der Waals surface area contributed by atoms with Crippen LogP contribution >= 0.6 is 15.9 Å². The fraction of sp³-hybridized carbons (Fsp3) is 0.545. The lowest BCUT2D eigenvalue weighted by molar-refractivity contribution is -0.126. The van der Waals surface area contributed by atoms with E-state index in [1.165, 1.54) is 0 Å². The van der Waals surface area contributed by atoms with Crippen molar-refractivity contribution in [3.8, 4) is 0 Å². The predicted octanol–water partition coefficient (Wildman–Crippen LogP) is 2.81. The second-order valence-electron chi connectivity index (χ2n) is 5.19. The molecular weight excluding hydrogens is 272 g/mol. The van der Waals surface area contributed by atoms with Gasteiger partial charge in [-0.15, -0.1) is 0 Å². The van der Waals surface area contributed by atoms with Crippen molar-refractivity contribution in [1.82, 2.24) is 0 Å². The van der Waals surface area contributed by atoms with Gasteiger partial charge in [-0.1, -0.05) is 25.7 Å². The number of hydrogen-bond acceptors (Lipinski definition) is 2. The minimum Gasteiger partial charge on any atom is -0.355 e. The SMILES string of the molecule is CC1=C(Br)C(=O)C2C=CC1([Si](C)(C)C)O2. The molecule has 0 aromatic carbocycles. The highest BCUT2D eigenvalue weighted by Crippen LogP contribution is 2.45. The molecule has 0 aliphatic carbocycles. The van der Waals surface area contributed by atoms with Crippen LogP contribution in [-0.4, -0.2) is 25.2 Å². The van der Waals surface area contributed by atoms with Gasteiger partial charge in [0.15, 0.2) is 0 Å². The van der Waals surface area contributed by atoms with Crippen molar-refractivity contribution in [3.05, 3.63) is 22.2 Å². The average molecular weight is 287 g/mol. The molecule has 0 amide bonds. The smallest absolute Gasteiger partial charge is 0.202 e. The zero-order valence-corrected chi connectivity index (χ0v) is 12.0. The van der Waals surface area contributed by atoms with Crippen LogP contribution < -0.4 is 0 Å².